The van der Waals surface area contributed by atoms with E-state index in [1.165, 1.54) is 0 Å². The van der Waals surface area contributed by atoms with Gasteiger partial charge < -0.3 is 20.9 Å². The second kappa shape index (κ2) is 8.50. The highest BCUT2D eigenvalue weighted by Crippen LogP contribution is 2.51. The van der Waals surface area contributed by atoms with Crippen LogP contribution >= 0.6 is 0 Å². The van der Waals surface area contributed by atoms with Crippen molar-refractivity contribution in [2.75, 3.05) is 11.5 Å². The van der Waals surface area contributed by atoms with Gasteiger partial charge in [0.1, 0.15) is 34.3 Å². The van der Waals surface area contributed by atoms with E-state index in [4.69, 9.17) is 16.2 Å². The lowest BCUT2D eigenvalue weighted by Crippen LogP contribution is -2.15. The Morgan fingerprint density at radius 3 is 1.44 bits per heavy atom. The third-order valence-electron chi connectivity index (χ3n) is 4.32. The number of alkyl halides is 6. The molecule has 3 rings (SSSR count). The summed E-state index contributed by atoms with van der Waals surface area (Å²) in [6.07, 6.45) is -11.1. The van der Waals surface area contributed by atoms with Gasteiger partial charge in [-0.1, -0.05) is 0 Å². The predicted octanol–water partition coefficient (Wildman–Crippen LogP) is 7.03. The summed E-state index contributed by atoms with van der Waals surface area (Å²) in [5, 5.41) is 0. The summed E-state index contributed by atoms with van der Waals surface area (Å²) in [6, 6.07) is 2.24. The zero-order valence-corrected chi connectivity index (χ0v) is 16.2. The molecule has 0 heterocycles. The van der Waals surface area contributed by atoms with Crippen molar-refractivity contribution >= 4 is 11.4 Å². The van der Waals surface area contributed by atoms with E-state index in [2.05, 4.69) is 4.74 Å². The van der Waals surface area contributed by atoms with Gasteiger partial charge in [-0.3, -0.25) is 0 Å². The molecule has 0 saturated carbocycles. The maximum absolute atomic E-state index is 14.2. The lowest BCUT2D eigenvalue weighted by molar-refractivity contribution is -0.145. The molecule has 3 aromatic rings. The van der Waals surface area contributed by atoms with E-state index in [1.54, 1.807) is 0 Å². The van der Waals surface area contributed by atoms with Crippen LogP contribution in [0.5, 0.6) is 23.0 Å². The fourth-order valence-electron chi connectivity index (χ4n) is 2.73. The number of halogens is 10. The molecular weight excluding hydrogens is 490 g/mol. The minimum absolute atomic E-state index is 0.0927. The van der Waals surface area contributed by atoms with Crippen LogP contribution in [0.2, 0.25) is 0 Å². The number of anilines is 2. The summed E-state index contributed by atoms with van der Waals surface area (Å²) in [7, 11) is 0. The van der Waals surface area contributed by atoms with Crippen LogP contribution in [0, 0.1) is 23.3 Å². The molecule has 0 spiro atoms. The molecule has 0 fully saturated rings. The van der Waals surface area contributed by atoms with Gasteiger partial charge in [-0.25, -0.2) is 17.6 Å². The van der Waals surface area contributed by atoms with Crippen LogP contribution < -0.4 is 20.9 Å². The minimum atomic E-state index is -5.64. The first-order valence-electron chi connectivity index (χ1n) is 8.77. The van der Waals surface area contributed by atoms with Crippen molar-refractivity contribution in [2.45, 2.75) is 12.4 Å². The summed E-state index contributed by atoms with van der Waals surface area (Å²) in [4.78, 5) is 0. The molecule has 0 bridgehead atoms. The van der Waals surface area contributed by atoms with Gasteiger partial charge in [-0.15, -0.1) is 0 Å². The van der Waals surface area contributed by atoms with Gasteiger partial charge in [0.15, 0.2) is 28.9 Å². The van der Waals surface area contributed by atoms with Crippen LogP contribution in [0.1, 0.15) is 11.1 Å². The van der Waals surface area contributed by atoms with Crippen molar-refractivity contribution < 1.29 is 53.4 Å². The van der Waals surface area contributed by atoms with Crippen LogP contribution in [-0.2, 0) is 12.4 Å². The van der Waals surface area contributed by atoms with Crippen molar-refractivity contribution in [2.24, 2.45) is 0 Å². The maximum atomic E-state index is 14.2. The Morgan fingerprint density at radius 2 is 1.00 bits per heavy atom. The van der Waals surface area contributed by atoms with E-state index in [0.717, 1.165) is 0 Å². The number of hydrogen-bond donors (Lipinski definition) is 2. The standard InChI is InChI=1S/C20H10F10N2O2/c21-8-2-5-11(14(23)16(8)31)33-10-4-1-7(19(25,26)27)18(13(10)20(28,29)30)34-12-6-3-9(22)17(32)15(12)24/h1-6H,31-32H2. The van der Waals surface area contributed by atoms with E-state index >= 15 is 0 Å². The van der Waals surface area contributed by atoms with Crippen LogP contribution in [-0.4, -0.2) is 0 Å². The third kappa shape index (κ3) is 4.61. The molecule has 4 nitrogen and oxygen atoms in total. The number of rotatable bonds is 4. The normalized spacial score (nSPS) is 12.1. The molecule has 0 aliphatic carbocycles. The Kier molecular flexibility index (Phi) is 6.20. The molecule has 0 amide bonds. The highest BCUT2D eigenvalue weighted by molar-refractivity contribution is 5.58. The number of ether oxygens (including phenoxy) is 2. The largest absolute Gasteiger partial charge is 0.453 e. The molecular formula is C20H10F10N2O2. The van der Waals surface area contributed by atoms with Crippen molar-refractivity contribution in [3.63, 3.8) is 0 Å². The summed E-state index contributed by atoms with van der Waals surface area (Å²) in [5.74, 6) is -11.8. The van der Waals surface area contributed by atoms with Crippen LogP contribution in [0.15, 0.2) is 36.4 Å². The molecule has 3 aromatic carbocycles. The second-order valence-electron chi connectivity index (χ2n) is 6.56. The summed E-state index contributed by atoms with van der Waals surface area (Å²) >= 11 is 0. The Balaban J connectivity index is 2.28. The minimum Gasteiger partial charge on any atom is -0.453 e. The third-order valence-corrected chi connectivity index (χ3v) is 4.32. The Morgan fingerprint density at radius 1 is 0.559 bits per heavy atom. The Hall–Kier alpha value is -3.84. The van der Waals surface area contributed by atoms with E-state index in [9.17, 15) is 43.9 Å². The van der Waals surface area contributed by atoms with Gasteiger partial charge in [0.2, 0.25) is 0 Å². The summed E-state index contributed by atoms with van der Waals surface area (Å²) < 4.78 is 147. The molecule has 182 valence electrons. The SMILES string of the molecule is Nc1c(F)ccc(Oc2ccc(C(F)(F)F)c(Oc3ccc(F)c(N)c3F)c2C(F)(F)F)c1F. The maximum Gasteiger partial charge on any atom is 0.423 e. The van der Waals surface area contributed by atoms with Gasteiger partial charge in [-0.05, 0) is 36.4 Å². The highest BCUT2D eigenvalue weighted by atomic mass is 19.4. The number of nitrogen functional groups attached to an aromatic ring is 2. The van der Waals surface area contributed by atoms with Gasteiger partial charge >= 0.3 is 12.4 Å². The molecule has 34 heavy (non-hydrogen) atoms. The first-order valence-corrected chi connectivity index (χ1v) is 8.77. The topological polar surface area (TPSA) is 70.5 Å². The van der Waals surface area contributed by atoms with Gasteiger partial charge in [0.05, 0.1) is 5.56 Å². The van der Waals surface area contributed by atoms with Crippen LogP contribution in [0.25, 0.3) is 0 Å². The van der Waals surface area contributed by atoms with Crippen molar-refractivity contribution in [1.82, 2.24) is 0 Å². The van der Waals surface area contributed by atoms with Crippen molar-refractivity contribution in [1.29, 1.82) is 0 Å². The molecule has 14 heteroatoms. The molecule has 4 N–H and O–H groups in total. The van der Waals surface area contributed by atoms with Crippen molar-refractivity contribution in [3.8, 4) is 23.0 Å². The number of benzene rings is 3. The average Bonchev–Trinajstić information content (AvgIpc) is 2.73. The quantitative estimate of drug-likeness (QED) is 0.298. The number of nitrogens with two attached hydrogens (primary N) is 2. The molecule has 0 atom stereocenters. The zero-order valence-electron chi connectivity index (χ0n) is 16.2. The highest BCUT2D eigenvalue weighted by Gasteiger charge is 2.45. The first kappa shape index (κ1) is 24.8. The van der Waals surface area contributed by atoms with Crippen LogP contribution in [0.3, 0.4) is 0 Å². The lowest BCUT2D eigenvalue weighted by atomic mass is 10.1. The van der Waals surface area contributed by atoms with Gasteiger partial charge in [0.25, 0.3) is 0 Å². The van der Waals surface area contributed by atoms with E-state index in [0.29, 0.717) is 24.3 Å². The fourth-order valence-corrected chi connectivity index (χ4v) is 2.73. The first-order chi connectivity index (χ1) is 15.6. The molecule has 0 aliphatic heterocycles. The fraction of sp³-hybridized carbons (Fsp3) is 0.100. The van der Waals surface area contributed by atoms with E-state index < -0.39 is 81.1 Å². The predicted molar refractivity (Wildman–Crippen MR) is 98.1 cm³/mol. The van der Waals surface area contributed by atoms with Crippen LogP contribution in [0.4, 0.5) is 55.3 Å². The average molecular weight is 500 g/mol. The molecule has 0 aliphatic rings. The monoisotopic (exact) mass is 500 g/mol. The summed E-state index contributed by atoms with van der Waals surface area (Å²) in [5.41, 5.74) is 3.58. The van der Waals surface area contributed by atoms with Gasteiger partial charge in [0, 0.05) is 0 Å². The molecule has 0 saturated heterocycles. The molecule has 0 radical (unpaired) electrons. The smallest absolute Gasteiger partial charge is 0.423 e. The second-order valence-corrected chi connectivity index (χ2v) is 6.56. The molecule has 0 aromatic heterocycles. The summed E-state index contributed by atoms with van der Waals surface area (Å²) in [6.45, 7) is 0. The number of hydrogen-bond acceptors (Lipinski definition) is 4. The van der Waals surface area contributed by atoms with E-state index in [1.807, 2.05) is 0 Å². The van der Waals surface area contributed by atoms with E-state index in [-0.39, 0.29) is 12.1 Å². The lowest BCUT2D eigenvalue weighted by Gasteiger charge is -2.22. The van der Waals surface area contributed by atoms with Crippen molar-refractivity contribution in [3.05, 3.63) is 70.8 Å². The van der Waals surface area contributed by atoms with Gasteiger partial charge in [-0.2, -0.15) is 26.3 Å². The Labute approximate surface area is 183 Å². The zero-order chi connectivity index (χ0) is 25.6. The molecule has 0 unspecified atom stereocenters. The Bertz CT molecular complexity index is 1260.